The number of anilines is 1. The molecule has 1 atom stereocenters. The van der Waals surface area contributed by atoms with Gasteiger partial charge in [0.1, 0.15) is 5.71 Å². The predicted octanol–water partition coefficient (Wildman–Crippen LogP) is 2.39. The van der Waals surface area contributed by atoms with Gasteiger partial charge in [0.15, 0.2) is 6.04 Å². The standard InChI is InChI=1S/C21H18N2O5/c1-27-20(25)16-13-17(19(24)14-9-5-3-6-10-14)22-23(18(16)21(26)28-2)15-11-7-4-8-12-15/h3-13,18H,1-2H3. The molecule has 0 N–H and O–H groups in total. The molecule has 0 bridgehead atoms. The Morgan fingerprint density at radius 2 is 1.50 bits per heavy atom. The number of hydrogen-bond acceptors (Lipinski definition) is 7. The van der Waals surface area contributed by atoms with E-state index in [9.17, 15) is 14.4 Å². The molecule has 0 saturated carbocycles. The Balaban J connectivity index is 2.15. The zero-order chi connectivity index (χ0) is 20.1. The fourth-order valence-corrected chi connectivity index (χ4v) is 2.82. The molecule has 28 heavy (non-hydrogen) atoms. The zero-order valence-electron chi connectivity index (χ0n) is 15.4. The van der Waals surface area contributed by atoms with Crippen molar-refractivity contribution in [2.45, 2.75) is 6.04 Å². The maximum absolute atomic E-state index is 12.9. The number of carbonyl (C=O) groups excluding carboxylic acids is 3. The van der Waals surface area contributed by atoms with Gasteiger partial charge in [0.05, 0.1) is 25.5 Å². The van der Waals surface area contributed by atoms with Crippen LogP contribution in [0.3, 0.4) is 0 Å². The first-order valence-electron chi connectivity index (χ1n) is 8.47. The van der Waals surface area contributed by atoms with Gasteiger partial charge in [-0.2, -0.15) is 5.10 Å². The van der Waals surface area contributed by atoms with Gasteiger partial charge in [-0.25, -0.2) is 14.6 Å². The monoisotopic (exact) mass is 378 g/mol. The quantitative estimate of drug-likeness (QED) is 0.587. The third-order valence-electron chi connectivity index (χ3n) is 4.18. The Morgan fingerprint density at radius 3 is 2.07 bits per heavy atom. The summed E-state index contributed by atoms with van der Waals surface area (Å²) < 4.78 is 9.69. The summed E-state index contributed by atoms with van der Waals surface area (Å²) in [4.78, 5) is 37.8. The topological polar surface area (TPSA) is 85.3 Å². The van der Waals surface area contributed by atoms with Gasteiger partial charge < -0.3 is 9.47 Å². The zero-order valence-corrected chi connectivity index (χ0v) is 15.4. The molecule has 0 saturated heterocycles. The number of para-hydroxylation sites is 1. The number of ether oxygens (including phenoxy) is 2. The average Bonchev–Trinajstić information content (AvgIpc) is 2.77. The lowest BCUT2D eigenvalue weighted by molar-refractivity contribution is -0.144. The van der Waals surface area contributed by atoms with E-state index in [1.54, 1.807) is 60.7 Å². The van der Waals surface area contributed by atoms with Crippen molar-refractivity contribution < 1.29 is 23.9 Å². The van der Waals surface area contributed by atoms with Crippen molar-refractivity contribution in [3.05, 3.63) is 77.9 Å². The first kappa shape index (κ1) is 19.0. The van der Waals surface area contributed by atoms with Crippen LogP contribution in [0.2, 0.25) is 0 Å². The van der Waals surface area contributed by atoms with Crippen LogP contribution < -0.4 is 5.01 Å². The van der Waals surface area contributed by atoms with Crippen molar-refractivity contribution in [2.75, 3.05) is 19.2 Å². The van der Waals surface area contributed by atoms with Crippen LogP contribution in [-0.4, -0.2) is 43.7 Å². The minimum Gasteiger partial charge on any atom is -0.467 e. The van der Waals surface area contributed by atoms with Gasteiger partial charge in [-0.1, -0.05) is 48.5 Å². The maximum Gasteiger partial charge on any atom is 0.336 e. The summed E-state index contributed by atoms with van der Waals surface area (Å²) in [6, 6.07) is 16.1. The molecule has 3 rings (SSSR count). The highest BCUT2D eigenvalue weighted by Crippen LogP contribution is 2.27. The molecular weight excluding hydrogens is 360 g/mol. The lowest BCUT2D eigenvalue weighted by Crippen LogP contribution is -2.46. The Hall–Kier alpha value is -3.74. The second kappa shape index (κ2) is 8.30. The van der Waals surface area contributed by atoms with E-state index >= 15 is 0 Å². The van der Waals surface area contributed by atoms with Crippen LogP contribution in [0.4, 0.5) is 5.69 Å². The number of benzene rings is 2. The van der Waals surface area contributed by atoms with E-state index in [2.05, 4.69) is 5.10 Å². The molecule has 2 aromatic rings. The van der Waals surface area contributed by atoms with E-state index in [1.807, 2.05) is 0 Å². The smallest absolute Gasteiger partial charge is 0.336 e. The van der Waals surface area contributed by atoms with Gasteiger partial charge in [-0.05, 0) is 18.2 Å². The number of hydrogen-bond donors (Lipinski definition) is 0. The SMILES string of the molecule is COC(=O)C1=CC(C(=O)c2ccccc2)=NN(c2ccccc2)C1C(=O)OC. The number of methoxy groups -OCH3 is 2. The Morgan fingerprint density at radius 1 is 0.893 bits per heavy atom. The second-order valence-electron chi connectivity index (χ2n) is 5.88. The summed E-state index contributed by atoms with van der Waals surface area (Å²) in [6.45, 7) is 0. The Labute approximate surface area is 161 Å². The summed E-state index contributed by atoms with van der Waals surface area (Å²) in [6.07, 6.45) is 1.28. The van der Waals surface area contributed by atoms with Gasteiger partial charge in [0.25, 0.3) is 0 Å². The molecule has 7 nitrogen and oxygen atoms in total. The highest BCUT2D eigenvalue weighted by atomic mass is 16.5. The molecule has 1 heterocycles. The highest BCUT2D eigenvalue weighted by molar-refractivity contribution is 6.50. The van der Waals surface area contributed by atoms with E-state index < -0.39 is 18.0 Å². The number of ketones is 1. The molecule has 1 aliphatic rings. The molecule has 1 unspecified atom stereocenters. The maximum atomic E-state index is 12.9. The third kappa shape index (κ3) is 3.68. The van der Waals surface area contributed by atoms with E-state index in [-0.39, 0.29) is 17.1 Å². The van der Waals surface area contributed by atoms with Crippen molar-refractivity contribution in [1.29, 1.82) is 0 Å². The largest absolute Gasteiger partial charge is 0.467 e. The number of Topliss-reactive ketones (excluding diaryl/α,β-unsaturated/α-hetero) is 1. The predicted molar refractivity (Wildman–Crippen MR) is 103 cm³/mol. The molecule has 0 aromatic heterocycles. The van der Waals surface area contributed by atoms with Crippen molar-refractivity contribution in [2.24, 2.45) is 5.10 Å². The lowest BCUT2D eigenvalue weighted by Gasteiger charge is -2.31. The number of allylic oxidation sites excluding steroid dienone is 1. The second-order valence-corrected chi connectivity index (χ2v) is 5.88. The van der Waals surface area contributed by atoms with E-state index in [0.717, 1.165) is 0 Å². The molecule has 0 spiro atoms. The molecule has 2 aromatic carbocycles. The first-order chi connectivity index (χ1) is 13.6. The van der Waals surface area contributed by atoms with Crippen LogP contribution in [0.25, 0.3) is 0 Å². The van der Waals surface area contributed by atoms with Gasteiger partial charge >= 0.3 is 11.9 Å². The number of esters is 2. The fraction of sp³-hybridized carbons (Fsp3) is 0.143. The minimum atomic E-state index is -1.17. The average molecular weight is 378 g/mol. The van der Waals surface area contributed by atoms with E-state index in [1.165, 1.54) is 25.3 Å². The van der Waals surface area contributed by atoms with Crippen molar-refractivity contribution in [1.82, 2.24) is 0 Å². The van der Waals surface area contributed by atoms with Crippen molar-refractivity contribution in [3.8, 4) is 0 Å². The van der Waals surface area contributed by atoms with Crippen molar-refractivity contribution >= 4 is 29.1 Å². The Kier molecular flexibility index (Phi) is 5.64. The fourth-order valence-electron chi connectivity index (χ4n) is 2.82. The van der Waals surface area contributed by atoms with E-state index in [0.29, 0.717) is 11.3 Å². The molecule has 0 fully saturated rings. The minimum absolute atomic E-state index is 0.00982. The van der Waals surface area contributed by atoms with Crippen LogP contribution in [0.5, 0.6) is 0 Å². The normalized spacial score (nSPS) is 15.9. The molecule has 0 amide bonds. The van der Waals surface area contributed by atoms with Crippen molar-refractivity contribution in [3.63, 3.8) is 0 Å². The van der Waals surface area contributed by atoms with E-state index in [4.69, 9.17) is 9.47 Å². The number of rotatable bonds is 5. The van der Waals surface area contributed by atoms with Crippen LogP contribution in [0.15, 0.2) is 77.4 Å². The summed E-state index contributed by atoms with van der Waals surface area (Å²) >= 11 is 0. The van der Waals surface area contributed by atoms with Crippen LogP contribution in [-0.2, 0) is 19.1 Å². The molecular formula is C21H18N2O5. The molecule has 142 valence electrons. The summed E-state index contributed by atoms with van der Waals surface area (Å²) in [5.41, 5.74) is 0.903. The third-order valence-corrected chi connectivity index (χ3v) is 4.18. The van der Waals surface area contributed by atoms with Crippen LogP contribution in [0, 0.1) is 0 Å². The van der Waals surface area contributed by atoms with Gasteiger partial charge in [-0.3, -0.25) is 4.79 Å². The highest BCUT2D eigenvalue weighted by Gasteiger charge is 2.39. The lowest BCUT2D eigenvalue weighted by atomic mass is 9.98. The molecule has 1 aliphatic heterocycles. The molecule has 7 heteroatoms. The van der Waals surface area contributed by atoms with Gasteiger partial charge in [0, 0.05) is 5.56 Å². The van der Waals surface area contributed by atoms with Gasteiger partial charge in [-0.15, -0.1) is 0 Å². The Bertz CT molecular complexity index is 951. The number of carbonyl (C=O) groups is 3. The first-order valence-corrected chi connectivity index (χ1v) is 8.47. The summed E-state index contributed by atoms with van der Waals surface area (Å²) in [5.74, 6) is -1.83. The molecule has 0 radical (unpaired) electrons. The summed E-state index contributed by atoms with van der Waals surface area (Å²) in [7, 11) is 2.42. The molecule has 0 aliphatic carbocycles. The number of nitrogens with zero attached hydrogens (tertiary/aromatic N) is 2. The van der Waals surface area contributed by atoms with Crippen LogP contribution >= 0.6 is 0 Å². The van der Waals surface area contributed by atoms with Gasteiger partial charge in [0.2, 0.25) is 5.78 Å². The number of hydrazone groups is 1. The summed E-state index contributed by atoms with van der Waals surface area (Å²) in [5, 5.41) is 5.66. The van der Waals surface area contributed by atoms with Crippen LogP contribution in [0.1, 0.15) is 10.4 Å².